The first-order chi connectivity index (χ1) is 9.85. The Bertz CT molecular complexity index is 522. The van der Waals surface area contributed by atoms with Crippen LogP contribution in [-0.4, -0.2) is 16.9 Å². The van der Waals surface area contributed by atoms with Crippen molar-refractivity contribution in [1.29, 1.82) is 0 Å². The molecule has 21 heavy (non-hydrogen) atoms. The van der Waals surface area contributed by atoms with Crippen LogP contribution in [0.2, 0.25) is 0 Å². The second kappa shape index (κ2) is 6.56. The minimum atomic E-state index is 0.0979. The molecule has 1 atom stereocenters. The molecule has 1 amide bonds. The van der Waals surface area contributed by atoms with Gasteiger partial charge in [-0.25, -0.2) is 0 Å². The SMILES string of the molecule is CC1(C)CCCC(NC(=O)Cc2ccc(C(N)=S)cc2)C1. The standard InChI is InChI=1S/C17H24N2OS/c1-17(2)9-3-4-14(11-17)19-15(20)10-12-5-7-13(8-6-12)16(18)21/h5-8,14H,3-4,9-11H2,1-2H3,(H2,18,21)(H,19,20). The third kappa shape index (κ3) is 4.81. The first-order valence-electron chi connectivity index (χ1n) is 7.54. The van der Waals surface area contributed by atoms with Gasteiger partial charge in [0.05, 0.1) is 6.42 Å². The van der Waals surface area contributed by atoms with Gasteiger partial charge in [-0.15, -0.1) is 0 Å². The van der Waals surface area contributed by atoms with Crippen molar-refractivity contribution in [3.8, 4) is 0 Å². The van der Waals surface area contributed by atoms with Crippen molar-refractivity contribution in [3.63, 3.8) is 0 Å². The number of amides is 1. The van der Waals surface area contributed by atoms with Crippen LogP contribution in [0.5, 0.6) is 0 Å². The highest BCUT2D eigenvalue weighted by atomic mass is 32.1. The topological polar surface area (TPSA) is 55.1 Å². The Hall–Kier alpha value is -1.42. The molecule has 2 rings (SSSR count). The Morgan fingerprint density at radius 1 is 1.38 bits per heavy atom. The lowest BCUT2D eigenvalue weighted by molar-refractivity contribution is -0.121. The van der Waals surface area contributed by atoms with Gasteiger partial charge in [-0.3, -0.25) is 4.79 Å². The largest absolute Gasteiger partial charge is 0.389 e. The van der Waals surface area contributed by atoms with Gasteiger partial charge in [-0.1, -0.05) is 56.8 Å². The van der Waals surface area contributed by atoms with E-state index in [0.29, 0.717) is 22.9 Å². The van der Waals surface area contributed by atoms with E-state index in [9.17, 15) is 4.79 Å². The quantitative estimate of drug-likeness (QED) is 0.841. The van der Waals surface area contributed by atoms with E-state index in [4.69, 9.17) is 18.0 Å². The Labute approximate surface area is 132 Å². The maximum absolute atomic E-state index is 12.1. The zero-order valence-electron chi connectivity index (χ0n) is 12.8. The first-order valence-corrected chi connectivity index (χ1v) is 7.95. The molecule has 1 fully saturated rings. The van der Waals surface area contributed by atoms with E-state index in [-0.39, 0.29) is 5.91 Å². The molecule has 1 unspecified atom stereocenters. The van der Waals surface area contributed by atoms with Crippen LogP contribution in [0.15, 0.2) is 24.3 Å². The predicted molar refractivity (Wildman–Crippen MR) is 90.2 cm³/mol. The normalized spacial score (nSPS) is 20.8. The molecule has 3 N–H and O–H groups in total. The molecule has 1 aliphatic carbocycles. The van der Waals surface area contributed by atoms with Crippen LogP contribution in [0.25, 0.3) is 0 Å². The van der Waals surface area contributed by atoms with Gasteiger partial charge in [0.1, 0.15) is 4.99 Å². The summed E-state index contributed by atoms with van der Waals surface area (Å²) in [7, 11) is 0. The molecule has 0 saturated heterocycles. The van der Waals surface area contributed by atoms with Gasteiger partial charge < -0.3 is 11.1 Å². The maximum atomic E-state index is 12.1. The molecular weight excluding hydrogens is 280 g/mol. The smallest absolute Gasteiger partial charge is 0.224 e. The van der Waals surface area contributed by atoms with E-state index < -0.39 is 0 Å². The molecule has 0 radical (unpaired) electrons. The first kappa shape index (κ1) is 16.0. The summed E-state index contributed by atoms with van der Waals surface area (Å²) < 4.78 is 0. The van der Waals surface area contributed by atoms with Crippen molar-refractivity contribution in [1.82, 2.24) is 5.32 Å². The van der Waals surface area contributed by atoms with Crippen LogP contribution < -0.4 is 11.1 Å². The van der Waals surface area contributed by atoms with E-state index >= 15 is 0 Å². The van der Waals surface area contributed by atoms with Gasteiger partial charge in [0, 0.05) is 11.6 Å². The lowest BCUT2D eigenvalue weighted by Crippen LogP contribution is -2.41. The molecule has 1 saturated carbocycles. The Morgan fingerprint density at radius 2 is 2.05 bits per heavy atom. The Kier molecular flexibility index (Phi) is 4.99. The van der Waals surface area contributed by atoms with Crippen molar-refractivity contribution in [3.05, 3.63) is 35.4 Å². The van der Waals surface area contributed by atoms with Gasteiger partial charge >= 0.3 is 0 Å². The third-order valence-corrected chi connectivity index (χ3v) is 4.41. The number of nitrogens with two attached hydrogens (primary N) is 1. The fourth-order valence-electron chi connectivity index (χ4n) is 3.07. The predicted octanol–water partition coefficient (Wildman–Crippen LogP) is 2.95. The van der Waals surface area contributed by atoms with Crippen molar-refractivity contribution in [2.24, 2.45) is 11.1 Å². The molecule has 0 aliphatic heterocycles. The van der Waals surface area contributed by atoms with Crippen molar-refractivity contribution in [2.45, 2.75) is 52.0 Å². The number of carbonyl (C=O) groups excluding carboxylic acids is 1. The number of benzene rings is 1. The third-order valence-electron chi connectivity index (χ3n) is 4.17. The zero-order chi connectivity index (χ0) is 15.5. The van der Waals surface area contributed by atoms with E-state index in [1.54, 1.807) is 0 Å². The fraction of sp³-hybridized carbons (Fsp3) is 0.529. The van der Waals surface area contributed by atoms with E-state index in [1.165, 1.54) is 12.8 Å². The van der Waals surface area contributed by atoms with Gasteiger partial charge in [0.25, 0.3) is 0 Å². The van der Waals surface area contributed by atoms with E-state index in [2.05, 4.69) is 19.2 Å². The van der Waals surface area contributed by atoms with Crippen LogP contribution in [0.3, 0.4) is 0 Å². The van der Waals surface area contributed by atoms with E-state index in [0.717, 1.165) is 24.0 Å². The molecule has 0 bridgehead atoms. The molecule has 3 nitrogen and oxygen atoms in total. The van der Waals surface area contributed by atoms with Crippen molar-refractivity contribution < 1.29 is 4.79 Å². The van der Waals surface area contributed by atoms with Gasteiger partial charge in [0.15, 0.2) is 0 Å². The Morgan fingerprint density at radius 3 is 2.62 bits per heavy atom. The summed E-state index contributed by atoms with van der Waals surface area (Å²) in [5.41, 5.74) is 7.73. The summed E-state index contributed by atoms with van der Waals surface area (Å²) in [5.74, 6) is 0.0979. The number of hydrogen-bond acceptors (Lipinski definition) is 2. The van der Waals surface area contributed by atoms with Gasteiger partial charge in [-0.2, -0.15) is 0 Å². The lowest BCUT2D eigenvalue weighted by atomic mass is 9.75. The molecule has 1 aromatic rings. The molecule has 1 aliphatic rings. The average Bonchev–Trinajstić information content (AvgIpc) is 2.37. The average molecular weight is 304 g/mol. The molecule has 114 valence electrons. The second-order valence-corrected chi connectivity index (χ2v) is 7.20. The molecule has 1 aromatic carbocycles. The summed E-state index contributed by atoms with van der Waals surface area (Å²) in [6, 6.07) is 7.89. The highest BCUT2D eigenvalue weighted by Crippen LogP contribution is 2.35. The molecule has 0 spiro atoms. The zero-order valence-corrected chi connectivity index (χ0v) is 13.6. The number of nitrogens with one attached hydrogen (secondary N) is 1. The van der Waals surface area contributed by atoms with Crippen LogP contribution in [0.1, 0.15) is 50.7 Å². The van der Waals surface area contributed by atoms with Crippen LogP contribution >= 0.6 is 12.2 Å². The van der Waals surface area contributed by atoms with Crippen LogP contribution in [-0.2, 0) is 11.2 Å². The second-order valence-electron chi connectivity index (χ2n) is 6.76. The summed E-state index contributed by atoms with van der Waals surface area (Å²) in [6.45, 7) is 4.56. The number of carbonyl (C=O) groups is 1. The minimum Gasteiger partial charge on any atom is -0.389 e. The van der Waals surface area contributed by atoms with Gasteiger partial charge in [0.2, 0.25) is 5.91 Å². The van der Waals surface area contributed by atoms with Gasteiger partial charge in [-0.05, 0) is 30.2 Å². The van der Waals surface area contributed by atoms with Crippen molar-refractivity contribution in [2.75, 3.05) is 0 Å². The Balaban J connectivity index is 1.88. The molecule has 0 heterocycles. The lowest BCUT2D eigenvalue weighted by Gasteiger charge is -2.35. The minimum absolute atomic E-state index is 0.0979. The number of thiocarbonyl (C=S) groups is 1. The number of hydrogen-bond donors (Lipinski definition) is 2. The van der Waals surface area contributed by atoms with Crippen molar-refractivity contribution >= 4 is 23.1 Å². The number of rotatable bonds is 4. The summed E-state index contributed by atoms with van der Waals surface area (Å²) in [6.07, 6.45) is 5.02. The molecular formula is C17H24N2OS. The van der Waals surface area contributed by atoms with Crippen LogP contribution in [0, 0.1) is 5.41 Å². The van der Waals surface area contributed by atoms with Crippen LogP contribution in [0.4, 0.5) is 0 Å². The maximum Gasteiger partial charge on any atom is 0.224 e. The molecule has 0 aromatic heterocycles. The summed E-state index contributed by atoms with van der Waals surface area (Å²) >= 11 is 4.92. The summed E-state index contributed by atoms with van der Waals surface area (Å²) in [4.78, 5) is 12.5. The highest BCUT2D eigenvalue weighted by Gasteiger charge is 2.28. The highest BCUT2D eigenvalue weighted by molar-refractivity contribution is 7.80. The van der Waals surface area contributed by atoms with E-state index in [1.807, 2.05) is 24.3 Å². The molecule has 4 heteroatoms. The fourth-order valence-corrected chi connectivity index (χ4v) is 3.21. The summed E-state index contributed by atoms with van der Waals surface area (Å²) in [5, 5.41) is 3.17. The monoisotopic (exact) mass is 304 g/mol.